The van der Waals surface area contributed by atoms with Crippen LogP contribution in [0.5, 0.6) is 0 Å². The highest BCUT2D eigenvalue weighted by molar-refractivity contribution is 5.86. The van der Waals surface area contributed by atoms with Crippen molar-refractivity contribution in [2.24, 2.45) is 5.92 Å². The molecule has 0 spiro atoms. The van der Waals surface area contributed by atoms with Crippen molar-refractivity contribution in [2.75, 3.05) is 18.0 Å². The van der Waals surface area contributed by atoms with Crippen LogP contribution in [0.1, 0.15) is 18.4 Å². The number of aromatic amines is 1. The summed E-state index contributed by atoms with van der Waals surface area (Å²) in [6.07, 6.45) is 7.03. The molecular formula is C17H19N5. The number of fused-ring (bicyclic) bond motifs is 1. The van der Waals surface area contributed by atoms with Crippen molar-refractivity contribution in [2.45, 2.75) is 19.3 Å². The Morgan fingerprint density at radius 1 is 1.09 bits per heavy atom. The molecule has 1 saturated heterocycles. The number of hydrogen-bond acceptors (Lipinski definition) is 4. The smallest absolute Gasteiger partial charge is 0.160 e. The molecule has 1 N–H and O–H groups in total. The molecule has 0 atom stereocenters. The van der Waals surface area contributed by atoms with Crippen LogP contribution >= 0.6 is 0 Å². The van der Waals surface area contributed by atoms with Crippen molar-refractivity contribution in [1.29, 1.82) is 0 Å². The van der Waals surface area contributed by atoms with Crippen LogP contribution in [0.25, 0.3) is 11.0 Å². The van der Waals surface area contributed by atoms with Gasteiger partial charge in [-0.25, -0.2) is 9.97 Å². The van der Waals surface area contributed by atoms with Crippen LogP contribution in [-0.2, 0) is 6.42 Å². The van der Waals surface area contributed by atoms with Crippen LogP contribution < -0.4 is 4.90 Å². The molecule has 1 fully saturated rings. The SMILES string of the molecule is c1ccc(CC2CCN(c3ncnc4[nH]ncc34)CC2)cc1. The third-order valence-electron chi connectivity index (χ3n) is 4.51. The Morgan fingerprint density at radius 3 is 2.73 bits per heavy atom. The van der Waals surface area contributed by atoms with E-state index in [1.165, 1.54) is 24.8 Å². The molecule has 0 amide bonds. The number of anilines is 1. The van der Waals surface area contributed by atoms with E-state index in [-0.39, 0.29) is 0 Å². The average Bonchev–Trinajstić information content (AvgIpc) is 3.05. The lowest BCUT2D eigenvalue weighted by Crippen LogP contribution is -2.35. The van der Waals surface area contributed by atoms with E-state index in [0.717, 1.165) is 35.9 Å². The second kappa shape index (κ2) is 5.75. The molecule has 0 saturated carbocycles. The first-order chi connectivity index (χ1) is 10.9. The van der Waals surface area contributed by atoms with E-state index >= 15 is 0 Å². The minimum Gasteiger partial charge on any atom is -0.356 e. The zero-order valence-corrected chi connectivity index (χ0v) is 12.4. The van der Waals surface area contributed by atoms with Gasteiger partial charge < -0.3 is 4.90 Å². The molecule has 0 unspecified atom stereocenters. The third-order valence-corrected chi connectivity index (χ3v) is 4.51. The average molecular weight is 293 g/mol. The minimum absolute atomic E-state index is 0.764. The van der Waals surface area contributed by atoms with Gasteiger partial charge in [0.2, 0.25) is 0 Å². The second-order valence-corrected chi connectivity index (χ2v) is 5.95. The molecule has 4 rings (SSSR count). The second-order valence-electron chi connectivity index (χ2n) is 5.95. The van der Waals surface area contributed by atoms with E-state index in [9.17, 15) is 0 Å². The lowest BCUT2D eigenvalue weighted by atomic mass is 9.90. The Labute approximate surface area is 129 Å². The van der Waals surface area contributed by atoms with Gasteiger partial charge in [-0.2, -0.15) is 5.10 Å². The Morgan fingerprint density at radius 2 is 1.91 bits per heavy atom. The van der Waals surface area contributed by atoms with Crippen molar-refractivity contribution in [1.82, 2.24) is 20.2 Å². The van der Waals surface area contributed by atoms with Crippen LogP contribution in [0.4, 0.5) is 5.82 Å². The Balaban J connectivity index is 1.45. The first kappa shape index (κ1) is 13.2. The summed E-state index contributed by atoms with van der Waals surface area (Å²) >= 11 is 0. The van der Waals surface area contributed by atoms with Gasteiger partial charge in [0.15, 0.2) is 5.65 Å². The number of rotatable bonds is 3. The fourth-order valence-electron chi connectivity index (χ4n) is 3.30. The normalized spacial score (nSPS) is 16.3. The monoisotopic (exact) mass is 293 g/mol. The summed E-state index contributed by atoms with van der Waals surface area (Å²) < 4.78 is 0. The highest BCUT2D eigenvalue weighted by Crippen LogP contribution is 2.27. The highest BCUT2D eigenvalue weighted by atomic mass is 15.2. The van der Waals surface area contributed by atoms with Gasteiger partial charge >= 0.3 is 0 Å². The molecule has 1 aromatic carbocycles. The van der Waals surface area contributed by atoms with Gasteiger partial charge in [0, 0.05) is 13.1 Å². The zero-order valence-electron chi connectivity index (χ0n) is 12.4. The number of benzene rings is 1. The molecule has 5 heteroatoms. The van der Waals surface area contributed by atoms with Crippen molar-refractivity contribution in [3.63, 3.8) is 0 Å². The molecule has 22 heavy (non-hydrogen) atoms. The molecule has 1 aliphatic heterocycles. The number of hydrogen-bond donors (Lipinski definition) is 1. The summed E-state index contributed by atoms with van der Waals surface area (Å²) in [6, 6.07) is 10.8. The predicted octanol–water partition coefficient (Wildman–Crippen LogP) is 2.81. The summed E-state index contributed by atoms with van der Waals surface area (Å²) in [4.78, 5) is 11.0. The summed E-state index contributed by atoms with van der Waals surface area (Å²) in [5, 5.41) is 8.00. The zero-order chi connectivity index (χ0) is 14.8. The van der Waals surface area contributed by atoms with Crippen molar-refractivity contribution >= 4 is 16.9 Å². The van der Waals surface area contributed by atoms with E-state index in [1.807, 2.05) is 6.20 Å². The molecule has 2 aromatic heterocycles. The molecule has 3 heterocycles. The summed E-state index contributed by atoms with van der Waals surface area (Å²) in [6.45, 7) is 2.10. The van der Waals surface area contributed by atoms with Crippen molar-refractivity contribution in [3.05, 3.63) is 48.4 Å². The largest absolute Gasteiger partial charge is 0.356 e. The number of piperidine rings is 1. The predicted molar refractivity (Wildman–Crippen MR) is 86.8 cm³/mol. The van der Waals surface area contributed by atoms with Crippen molar-refractivity contribution < 1.29 is 0 Å². The van der Waals surface area contributed by atoms with Gasteiger partial charge in [0.25, 0.3) is 0 Å². The molecule has 5 nitrogen and oxygen atoms in total. The van der Waals surface area contributed by atoms with Gasteiger partial charge in [-0.3, -0.25) is 5.10 Å². The number of nitrogens with one attached hydrogen (secondary N) is 1. The first-order valence-corrected chi connectivity index (χ1v) is 7.83. The van der Waals surface area contributed by atoms with E-state index in [2.05, 4.69) is 55.4 Å². The summed E-state index contributed by atoms with van der Waals surface area (Å²) in [7, 11) is 0. The van der Waals surface area contributed by atoms with Crippen LogP contribution in [0, 0.1) is 5.92 Å². The Kier molecular flexibility index (Phi) is 3.46. The molecule has 0 aliphatic carbocycles. The Hall–Kier alpha value is -2.43. The maximum atomic E-state index is 4.47. The van der Waals surface area contributed by atoms with Crippen LogP contribution in [0.3, 0.4) is 0 Å². The molecular weight excluding hydrogens is 274 g/mol. The van der Waals surface area contributed by atoms with Gasteiger partial charge in [0.1, 0.15) is 12.1 Å². The van der Waals surface area contributed by atoms with Crippen LogP contribution in [0.15, 0.2) is 42.9 Å². The van der Waals surface area contributed by atoms with Gasteiger partial charge in [-0.1, -0.05) is 30.3 Å². The fraction of sp³-hybridized carbons (Fsp3) is 0.353. The molecule has 0 bridgehead atoms. The van der Waals surface area contributed by atoms with E-state index < -0.39 is 0 Å². The van der Waals surface area contributed by atoms with Gasteiger partial charge in [-0.15, -0.1) is 0 Å². The lowest BCUT2D eigenvalue weighted by Gasteiger charge is -2.33. The molecule has 0 radical (unpaired) electrons. The summed E-state index contributed by atoms with van der Waals surface area (Å²) in [5.74, 6) is 1.78. The van der Waals surface area contributed by atoms with Crippen LogP contribution in [0.2, 0.25) is 0 Å². The topological polar surface area (TPSA) is 57.7 Å². The van der Waals surface area contributed by atoms with E-state index in [1.54, 1.807) is 6.33 Å². The standard InChI is InChI=1S/C17H19N5/c1-2-4-13(5-3-1)10-14-6-8-22(9-7-14)17-15-11-20-21-16(15)18-12-19-17/h1-5,11-12,14H,6-10H2,(H,18,19,20,21). The van der Waals surface area contributed by atoms with E-state index in [0.29, 0.717) is 0 Å². The lowest BCUT2D eigenvalue weighted by molar-refractivity contribution is 0.402. The Bertz CT molecular complexity index is 744. The van der Waals surface area contributed by atoms with Crippen molar-refractivity contribution in [3.8, 4) is 0 Å². The highest BCUT2D eigenvalue weighted by Gasteiger charge is 2.22. The van der Waals surface area contributed by atoms with Gasteiger partial charge in [-0.05, 0) is 30.7 Å². The number of H-pyrrole nitrogens is 1. The summed E-state index contributed by atoms with van der Waals surface area (Å²) in [5.41, 5.74) is 2.26. The first-order valence-electron chi connectivity index (χ1n) is 7.83. The van der Waals surface area contributed by atoms with Crippen LogP contribution in [-0.4, -0.2) is 33.3 Å². The van der Waals surface area contributed by atoms with Gasteiger partial charge in [0.05, 0.1) is 11.6 Å². The third kappa shape index (κ3) is 2.54. The maximum Gasteiger partial charge on any atom is 0.160 e. The minimum atomic E-state index is 0.764. The van der Waals surface area contributed by atoms with E-state index in [4.69, 9.17) is 0 Å². The molecule has 3 aromatic rings. The fourth-order valence-corrected chi connectivity index (χ4v) is 3.30. The maximum absolute atomic E-state index is 4.47. The number of nitrogens with zero attached hydrogens (tertiary/aromatic N) is 4. The quantitative estimate of drug-likeness (QED) is 0.806. The number of aromatic nitrogens is 4. The molecule has 1 aliphatic rings. The molecule has 112 valence electrons.